The predicted octanol–water partition coefficient (Wildman–Crippen LogP) is 2.31. The fraction of sp³-hybridized carbons (Fsp3) is 0.263. The SMILES string of the molecule is Cc1cc(Nc2cncc(C(=O)N3CCN(C(=O)c4ccco4)CC3)c2)no1. The first kappa shape index (κ1) is 17.8. The number of pyridine rings is 1. The molecule has 3 aromatic heterocycles. The smallest absolute Gasteiger partial charge is 0.289 e. The van der Waals surface area contributed by atoms with Gasteiger partial charge in [0.05, 0.1) is 23.7 Å². The van der Waals surface area contributed by atoms with E-state index in [9.17, 15) is 9.59 Å². The van der Waals surface area contributed by atoms with Gasteiger partial charge in [-0.15, -0.1) is 0 Å². The molecule has 3 aromatic rings. The van der Waals surface area contributed by atoms with Crippen molar-refractivity contribution in [3.63, 3.8) is 0 Å². The van der Waals surface area contributed by atoms with Gasteiger partial charge in [-0.05, 0) is 25.1 Å². The van der Waals surface area contributed by atoms with Crippen LogP contribution in [0.4, 0.5) is 11.5 Å². The lowest BCUT2D eigenvalue weighted by Crippen LogP contribution is -2.50. The van der Waals surface area contributed by atoms with Gasteiger partial charge in [0.1, 0.15) is 5.76 Å². The highest BCUT2D eigenvalue weighted by Crippen LogP contribution is 2.18. The molecule has 0 radical (unpaired) electrons. The first-order chi connectivity index (χ1) is 13.6. The van der Waals surface area contributed by atoms with Crippen molar-refractivity contribution in [2.24, 2.45) is 0 Å². The molecule has 0 bridgehead atoms. The van der Waals surface area contributed by atoms with E-state index in [1.807, 2.05) is 0 Å². The van der Waals surface area contributed by atoms with Crippen LogP contribution in [0.25, 0.3) is 0 Å². The molecule has 1 saturated heterocycles. The average molecular weight is 381 g/mol. The molecule has 0 aromatic carbocycles. The maximum absolute atomic E-state index is 12.8. The molecule has 0 spiro atoms. The third-order valence-electron chi connectivity index (χ3n) is 4.47. The van der Waals surface area contributed by atoms with E-state index in [1.54, 1.807) is 47.2 Å². The molecule has 9 nitrogen and oxygen atoms in total. The number of anilines is 2. The molecule has 0 atom stereocenters. The van der Waals surface area contributed by atoms with Gasteiger partial charge in [0.25, 0.3) is 11.8 Å². The highest BCUT2D eigenvalue weighted by atomic mass is 16.5. The summed E-state index contributed by atoms with van der Waals surface area (Å²) in [4.78, 5) is 32.7. The fourth-order valence-corrected chi connectivity index (χ4v) is 3.05. The van der Waals surface area contributed by atoms with Gasteiger partial charge in [-0.25, -0.2) is 0 Å². The van der Waals surface area contributed by atoms with Gasteiger partial charge in [0.2, 0.25) is 0 Å². The molecule has 2 amide bonds. The fourth-order valence-electron chi connectivity index (χ4n) is 3.05. The number of aromatic nitrogens is 2. The van der Waals surface area contributed by atoms with E-state index >= 15 is 0 Å². The number of amides is 2. The highest BCUT2D eigenvalue weighted by molar-refractivity contribution is 5.95. The second-order valence-electron chi connectivity index (χ2n) is 6.47. The number of furan rings is 1. The highest BCUT2D eigenvalue weighted by Gasteiger charge is 2.26. The van der Waals surface area contributed by atoms with Gasteiger partial charge in [-0.2, -0.15) is 0 Å². The van der Waals surface area contributed by atoms with Crippen molar-refractivity contribution < 1.29 is 18.5 Å². The molecule has 9 heteroatoms. The molecule has 144 valence electrons. The summed E-state index contributed by atoms with van der Waals surface area (Å²) in [5, 5.41) is 6.93. The van der Waals surface area contributed by atoms with Crippen LogP contribution >= 0.6 is 0 Å². The van der Waals surface area contributed by atoms with Gasteiger partial charge in [-0.1, -0.05) is 5.16 Å². The molecule has 1 aliphatic heterocycles. The summed E-state index contributed by atoms with van der Waals surface area (Å²) in [5.41, 5.74) is 1.11. The van der Waals surface area contributed by atoms with Crippen LogP contribution in [0.15, 0.2) is 51.9 Å². The van der Waals surface area contributed by atoms with Crippen molar-refractivity contribution in [1.82, 2.24) is 19.9 Å². The Bertz CT molecular complexity index is 974. The summed E-state index contributed by atoms with van der Waals surface area (Å²) in [5.74, 6) is 1.26. The third-order valence-corrected chi connectivity index (χ3v) is 4.47. The summed E-state index contributed by atoms with van der Waals surface area (Å²) < 4.78 is 10.2. The minimum atomic E-state index is -0.159. The molecule has 0 unspecified atom stereocenters. The van der Waals surface area contributed by atoms with Gasteiger partial charge in [0.15, 0.2) is 11.6 Å². The number of aryl methyl sites for hydroxylation is 1. The maximum Gasteiger partial charge on any atom is 0.289 e. The number of piperazine rings is 1. The Morgan fingerprint density at radius 2 is 1.82 bits per heavy atom. The lowest BCUT2D eigenvalue weighted by atomic mass is 10.2. The molecule has 1 fully saturated rings. The summed E-state index contributed by atoms with van der Waals surface area (Å²) in [6.45, 7) is 3.60. The van der Waals surface area contributed by atoms with E-state index in [2.05, 4.69) is 15.5 Å². The van der Waals surface area contributed by atoms with E-state index in [1.165, 1.54) is 12.5 Å². The quantitative estimate of drug-likeness (QED) is 0.739. The van der Waals surface area contributed by atoms with E-state index < -0.39 is 0 Å². The monoisotopic (exact) mass is 381 g/mol. The first-order valence-electron chi connectivity index (χ1n) is 8.87. The van der Waals surface area contributed by atoms with E-state index in [4.69, 9.17) is 8.94 Å². The molecular weight excluding hydrogens is 362 g/mol. The topological polar surface area (TPSA) is 105 Å². The summed E-state index contributed by atoms with van der Waals surface area (Å²) in [6.07, 6.45) is 4.62. The van der Waals surface area contributed by atoms with Crippen molar-refractivity contribution in [1.29, 1.82) is 0 Å². The Hall–Kier alpha value is -3.62. The summed E-state index contributed by atoms with van der Waals surface area (Å²) >= 11 is 0. The Morgan fingerprint density at radius 1 is 1.07 bits per heavy atom. The van der Waals surface area contributed by atoms with Crippen LogP contribution in [0.5, 0.6) is 0 Å². The van der Waals surface area contributed by atoms with Crippen molar-refractivity contribution in [3.05, 3.63) is 60.0 Å². The van der Waals surface area contributed by atoms with E-state index in [-0.39, 0.29) is 11.8 Å². The number of nitrogens with one attached hydrogen (secondary N) is 1. The molecule has 4 rings (SSSR count). The Balaban J connectivity index is 1.38. The summed E-state index contributed by atoms with van der Waals surface area (Å²) in [6, 6.07) is 6.80. The normalized spacial score (nSPS) is 14.2. The van der Waals surface area contributed by atoms with Crippen molar-refractivity contribution in [2.75, 3.05) is 31.5 Å². The van der Waals surface area contributed by atoms with Crippen LogP contribution in [0.3, 0.4) is 0 Å². The average Bonchev–Trinajstić information content (AvgIpc) is 3.39. The van der Waals surface area contributed by atoms with Crippen molar-refractivity contribution in [3.8, 4) is 0 Å². The third kappa shape index (κ3) is 3.73. The van der Waals surface area contributed by atoms with Gasteiger partial charge < -0.3 is 24.1 Å². The number of rotatable bonds is 4. The van der Waals surface area contributed by atoms with Crippen LogP contribution in [-0.2, 0) is 0 Å². The summed E-state index contributed by atoms with van der Waals surface area (Å²) in [7, 11) is 0. The second kappa shape index (κ2) is 7.55. The minimum absolute atomic E-state index is 0.127. The molecule has 1 N–H and O–H groups in total. The van der Waals surface area contributed by atoms with Crippen molar-refractivity contribution >= 4 is 23.3 Å². The molecular formula is C19H19N5O4. The molecule has 1 aliphatic rings. The van der Waals surface area contributed by atoms with Crippen LogP contribution in [-0.4, -0.2) is 57.9 Å². The molecule has 0 aliphatic carbocycles. The second-order valence-corrected chi connectivity index (χ2v) is 6.47. The zero-order valence-electron chi connectivity index (χ0n) is 15.3. The van der Waals surface area contributed by atoms with E-state index in [0.29, 0.717) is 54.8 Å². The number of hydrogen-bond acceptors (Lipinski definition) is 7. The standard InChI is InChI=1S/C19H19N5O4/c1-13-9-17(22-28-13)21-15-10-14(11-20-12-15)18(25)23-4-6-24(7-5-23)19(26)16-3-2-8-27-16/h2-3,8-12H,4-7H2,1H3,(H,21,22). The van der Waals surface area contributed by atoms with Gasteiger partial charge in [0, 0.05) is 38.4 Å². The van der Waals surface area contributed by atoms with Crippen LogP contribution in [0.2, 0.25) is 0 Å². The number of carbonyl (C=O) groups excluding carboxylic acids is 2. The minimum Gasteiger partial charge on any atom is -0.459 e. The molecule has 28 heavy (non-hydrogen) atoms. The Labute approximate surface area is 160 Å². The Morgan fingerprint density at radius 3 is 2.46 bits per heavy atom. The Kier molecular flexibility index (Phi) is 4.79. The van der Waals surface area contributed by atoms with Crippen LogP contribution in [0, 0.1) is 6.92 Å². The molecule has 0 saturated carbocycles. The number of carbonyl (C=O) groups is 2. The lowest BCUT2D eigenvalue weighted by Gasteiger charge is -2.34. The van der Waals surface area contributed by atoms with Gasteiger partial charge >= 0.3 is 0 Å². The predicted molar refractivity (Wildman–Crippen MR) is 99.3 cm³/mol. The molecule has 4 heterocycles. The number of hydrogen-bond donors (Lipinski definition) is 1. The first-order valence-corrected chi connectivity index (χ1v) is 8.87. The lowest BCUT2D eigenvalue weighted by molar-refractivity contribution is 0.0518. The van der Waals surface area contributed by atoms with Crippen LogP contribution in [0.1, 0.15) is 26.7 Å². The zero-order valence-corrected chi connectivity index (χ0v) is 15.3. The number of nitrogens with zero attached hydrogens (tertiary/aromatic N) is 4. The van der Waals surface area contributed by atoms with E-state index in [0.717, 1.165) is 0 Å². The largest absolute Gasteiger partial charge is 0.459 e. The zero-order chi connectivity index (χ0) is 19.5. The van der Waals surface area contributed by atoms with Gasteiger partial charge in [-0.3, -0.25) is 14.6 Å². The van der Waals surface area contributed by atoms with Crippen LogP contribution < -0.4 is 5.32 Å². The van der Waals surface area contributed by atoms with Crippen molar-refractivity contribution in [2.45, 2.75) is 6.92 Å². The maximum atomic E-state index is 12.8.